The van der Waals surface area contributed by atoms with Crippen LogP contribution in [0.4, 0.5) is 0 Å². The third-order valence-electron chi connectivity index (χ3n) is 4.68. The molecule has 0 radical (unpaired) electrons. The van der Waals surface area contributed by atoms with E-state index in [0.717, 1.165) is 11.8 Å². The van der Waals surface area contributed by atoms with Gasteiger partial charge in [0.05, 0.1) is 0 Å². The summed E-state index contributed by atoms with van der Waals surface area (Å²) in [5.74, 6) is 1.45. The Hall–Kier alpha value is -0.860. The van der Waals surface area contributed by atoms with Crippen LogP contribution in [0.2, 0.25) is 0 Å². The number of rotatable bonds is 5. The molecule has 0 spiro atoms. The van der Waals surface area contributed by atoms with E-state index in [9.17, 15) is 0 Å². The van der Waals surface area contributed by atoms with Gasteiger partial charge in [-0.05, 0) is 50.8 Å². The van der Waals surface area contributed by atoms with Crippen molar-refractivity contribution in [2.75, 3.05) is 20.6 Å². The highest BCUT2D eigenvalue weighted by Gasteiger charge is 2.32. The van der Waals surface area contributed by atoms with Gasteiger partial charge >= 0.3 is 0 Å². The number of nitrogens with zero attached hydrogens (tertiary/aromatic N) is 1. The van der Waals surface area contributed by atoms with Gasteiger partial charge in [0.15, 0.2) is 0 Å². The maximum Gasteiger partial charge on any atom is 0.0252 e. The minimum Gasteiger partial charge on any atom is -0.315 e. The van der Waals surface area contributed by atoms with Gasteiger partial charge in [-0.15, -0.1) is 0 Å². The van der Waals surface area contributed by atoms with Crippen molar-refractivity contribution in [3.63, 3.8) is 0 Å². The molecule has 2 nitrogen and oxygen atoms in total. The number of nitrogens with one attached hydrogen (secondary N) is 1. The SMILES string of the molecule is CNC1CCC(c2ccccc2)CC1N(C)CC(C)C. The second-order valence-electron chi connectivity index (χ2n) is 6.72. The fourth-order valence-corrected chi connectivity index (χ4v) is 3.71. The number of hydrogen-bond acceptors (Lipinski definition) is 2. The Bertz CT molecular complexity index is 388. The fraction of sp³-hybridized carbons (Fsp3) is 0.667. The van der Waals surface area contributed by atoms with Crippen molar-refractivity contribution in [2.45, 2.75) is 51.1 Å². The molecule has 1 N–H and O–H groups in total. The van der Waals surface area contributed by atoms with Crippen LogP contribution in [-0.4, -0.2) is 37.6 Å². The van der Waals surface area contributed by atoms with Crippen molar-refractivity contribution in [1.29, 1.82) is 0 Å². The zero-order valence-electron chi connectivity index (χ0n) is 13.5. The highest BCUT2D eigenvalue weighted by molar-refractivity contribution is 5.21. The summed E-state index contributed by atoms with van der Waals surface area (Å²) in [5, 5.41) is 3.54. The molecule has 1 saturated carbocycles. The zero-order valence-corrected chi connectivity index (χ0v) is 13.5. The molecule has 0 saturated heterocycles. The molecule has 0 bridgehead atoms. The van der Waals surface area contributed by atoms with Gasteiger partial charge in [0.25, 0.3) is 0 Å². The monoisotopic (exact) mass is 274 g/mol. The highest BCUT2D eigenvalue weighted by atomic mass is 15.2. The smallest absolute Gasteiger partial charge is 0.0252 e. The Balaban J connectivity index is 2.07. The highest BCUT2D eigenvalue weighted by Crippen LogP contribution is 2.35. The molecule has 0 amide bonds. The summed E-state index contributed by atoms with van der Waals surface area (Å²) in [6.45, 7) is 5.80. The van der Waals surface area contributed by atoms with Gasteiger partial charge in [0.2, 0.25) is 0 Å². The van der Waals surface area contributed by atoms with E-state index in [-0.39, 0.29) is 0 Å². The van der Waals surface area contributed by atoms with Crippen LogP contribution in [0.3, 0.4) is 0 Å². The first-order valence-electron chi connectivity index (χ1n) is 8.04. The molecule has 1 aromatic rings. The minimum atomic E-state index is 0.638. The topological polar surface area (TPSA) is 15.3 Å². The van der Waals surface area contributed by atoms with Gasteiger partial charge in [-0.3, -0.25) is 0 Å². The van der Waals surface area contributed by atoms with E-state index in [4.69, 9.17) is 0 Å². The van der Waals surface area contributed by atoms with E-state index >= 15 is 0 Å². The van der Waals surface area contributed by atoms with Crippen molar-refractivity contribution in [3.05, 3.63) is 35.9 Å². The molecule has 1 aromatic carbocycles. The maximum atomic E-state index is 3.54. The molecule has 0 aliphatic heterocycles. The quantitative estimate of drug-likeness (QED) is 0.884. The van der Waals surface area contributed by atoms with Crippen LogP contribution in [0.1, 0.15) is 44.6 Å². The first kappa shape index (κ1) is 15.5. The van der Waals surface area contributed by atoms with Crippen LogP contribution >= 0.6 is 0 Å². The van der Waals surface area contributed by atoms with Crippen molar-refractivity contribution >= 4 is 0 Å². The lowest BCUT2D eigenvalue weighted by Crippen LogP contribution is -2.51. The molecule has 3 unspecified atom stereocenters. The Morgan fingerprint density at radius 3 is 2.50 bits per heavy atom. The molecule has 1 aliphatic rings. The Morgan fingerprint density at radius 1 is 1.20 bits per heavy atom. The second-order valence-corrected chi connectivity index (χ2v) is 6.72. The average Bonchev–Trinajstić information content (AvgIpc) is 2.46. The first-order chi connectivity index (χ1) is 9.61. The Morgan fingerprint density at radius 2 is 1.90 bits per heavy atom. The molecule has 1 aliphatic carbocycles. The Labute approximate surface area is 124 Å². The molecular weight excluding hydrogens is 244 g/mol. The molecule has 3 atom stereocenters. The van der Waals surface area contributed by atoms with Gasteiger partial charge in [0, 0.05) is 18.6 Å². The van der Waals surface area contributed by atoms with Gasteiger partial charge in [-0.1, -0.05) is 44.2 Å². The summed E-state index contributed by atoms with van der Waals surface area (Å²) in [5.41, 5.74) is 1.52. The summed E-state index contributed by atoms with van der Waals surface area (Å²) in [7, 11) is 4.41. The third kappa shape index (κ3) is 3.83. The van der Waals surface area contributed by atoms with E-state index in [1.54, 1.807) is 0 Å². The van der Waals surface area contributed by atoms with E-state index < -0.39 is 0 Å². The molecule has 2 heteroatoms. The summed E-state index contributed by atoms with van der Waals surface area (Å²) < 4.78 is 0. The summed E-state index contributed by atoms with van der Waals surface area (Å²) in [6.07, 6.45) is 3.86. The maximum absolute atomic E-state index is 3.54. The van der Waals surface area contributed by atoms with Crippen molar-refractivity contribution in [3.8, 4) is 0 Å². The van der Waals surface area contributed by atoms with E-state index in [1.807, 2.05) is 0 Å². The van der Waals surface area contributed by atoms with Crippen LogP contribution in [0, 0.1) is 5.92 Å². The summed E-state index contributed by atoms with van der Waals surface area (Å²) in [6, 6.07) is 12.3. The Kier molecular flexibility index (Phi) is 5.62. The predicted molar refractivity (Wildman–Crippen MR) is 87.1 cm³/mol. The third-order valence-corrected chi connectivity index (χ3v) is 4.68. The molecule has 0 aromatic heterocycles. The molecule has 0 heterocycles. The lowest BCUT2D eigenvalue weighted by atomic mass is 9.78. The average molecular weight is 274 g/mol. The molecule has 112 valence electrons. The molecule has 2 rings (SSSR count). The van der Waals surface area contributed by atoms with Gasteiger partial charge in [-0.2, -0.15) is 0 Å². The van der Waals surface area contributed by atoms with Crippen molar-refractivity contribution in [1.82, 2.24) is 10.2 Å². The van der Waals surface area contributed by atoms with Crippen LogP contribution < -0.4 is 5.32 Å². The standard InChI is InChI=1S/C18H30N2/c1-14(2)13-20(4)18-12-16(10-11-17(18)19-3)15-8-6-5-7-9-15/h5-9,14,16-19H,10-13H2,1-4H3. The normalized spacial score (nSPS) is 27.2. The lowest BCUT2D eigenvalue weighted by molar-refractivity contribution is 0.130. The van der Waals surface area contributed by atoms with Crippen molar-refractivity contribution in [2.24, 2.45) is 5.92 Å². The first-order valence-corrected chi connectivity index (χ1v) is 8.04. The van der Waals surface area contributed by atoms with Gasteiger partial charge in [0.1, 0.15) is 0 Å². The second kappa shape index (κ2) is 7.24. The van der Waals surface area contributed by atoms with E-state index in [1.165, 1.54) is 31.4 Å². The number of hydrogen-bond donors (Lipinski definition) is 1. The van der Waals surface area contributed by atoms with Crippen LogP contribution in [0.5, 0.6) is 0 Å². The summed E-state index contributed by atoms with van der Waals surface area (Å²) in [4.78, 5) is 2.57. The zero-order chi connectivity index (χ0) is 14.5. The molecule has 1 fully saturated rings. The predicted octanol–water partition coefficient (Wildman–Crippen LogP) is 3.50. The molecular formula is C18H30N2. The van der Waals surface area contributed by atoms with Crippen LogP contribution in [-0.2, 0) is 0 Å². The van der Waals surface area contributed by atoms with Crippen LogP contribution in [0.25, 0.3) is 0 Å². The lowest BCUT2D eigenvalue weighted by Gasteiger charge is -2.42. The van der Waals surface area contributed by atoms with Gasteiger partial charge < -0.3 is 10.2 Å². The number of benzene rings is 1. The molecule has 20 heavy (non-hydrogen) atoms. The van der Waals surface area contributed by atoms with Crippen LogP contribution in [0.15, 0.2) is 30.3 Å². The van der Waals surface area contributed by atoms with Crippen molar-refractivity contribution < 1.29 is 0 Å². The fourth-order valence-electron chi connectivity index (χ4n) is 3.71. The largest absolute Gasteiger partial charge is 0.315 e. The number of likely N-dealkylation sites (N-methyl/N-ethyl adjacent to an activating group) is 2. The van der Waals surface area contributed by atoms with Gasteiger partial charge in [-0.25, -0.2) is 0 Å². The van der Waals surface area contributed by atoms with E-state index in [0.29, 0.717) is 12.1 Å². The minimum absolute atomic E-state index is 0.638. The summed E-state index contributed by atoms with van der Waals surface area (Å²) >= 11 is 0. The van der Waals surface area contributed by atoms with E-state index in [2.05, 4.69) is 68.5 Å².